The van der Waals surface area contributed by atoms with Crippen molar-refractivity contribution in [3.8, 4) is 0 Å². The van der Waals surface area contributed by atoms with E-state index in [1.165, 1.54) is 43.2 Å². The summed E-state index contributed by atoms with van der Waals surface area (Å²) in [5.41, 5.74) is 2.85. The number of ether oxygens (including phenoxy) is 1. The molecule has 0 heterocycles. The quantitative estimate of drug-likeness (QED) is 0.686. The molecule has 1 aliphatic carbocycles. The fourth-order valence-electron chi connectivity index (χ4n) is 4.17. The zero-order valence-electron chi connectivity index (χ0n) is 15.8. The molecule has 0 saturated heterocycles. The van der Waals surface area contributed by atoms with Crippen LogP contribution < -0.4 is 0 Å². The summed E-state index contributed by atoms with van der Waals surface area (Å²) in [5.74, 6) is 1.18. The minimum Gasteiger partial charge on any atom is -0.369 e. The van der Waals surface area contributed by atoms with E-state index in [4.69, 9.17) is 4.74 Å². The van der Waals surface area contributed by atoms with Crippen molar-refractivity contribution in [1.29, 1.82) is 0 Å². The molecule has 1 aliphatic rings. The molecule has 0 spiro atoms. The zero-order valence-corrected chi connectivity index (χ0v) is 15.8. The summed E-state index contributed by atoms with van der Waals surface area (Å²) in [6.07, 6.45) is 6.30. The lowest BCUT2D eigenvalue weighted by molar-refractivity contribution is -0.119. The van der Waals surface area contributed by atoms with Crippen molar-refractivity contribution in [2.45, 2.75) is 64.4 Å². The molecule has 0 radical (unpaired) electrons. The number of nitrogens with zero attached hydrogens (tertiary/aromatic N) is 1. The Bertz CT molecular complexity index is 482. The molecule has 1 aromatic carbocycles. The molecule has 130 valence electrons. The van der Waals surface area contributed by atoms with Crippen molar-refractivity contribution in [2.75, 3.05) is 27.2 Å². The van der Waals surface area contributed by atoms with Crippen LogP contribution in [0.5, 0.6) is 0 Å². The fraction of sp³-hybridized carbons (Fsp3) is 0.714. The van der Waals surface area contributed by atoms with Crippen LogP contribution in [0.2, 0.25) is 0 Å². The summed E-state index contributed by atoms with van der Waals surface area (Å²) in [6, 6.07) is 9.01. The van der Waals surface area contributed by atoms with E-state index in [-0.39, 0.29) is 5.60 Å². The van der Waals surface area contributed by atoms with Crippen LogP contribution in [-0.4, -0.2) is 32.1 Å². The third-order valence-corrected chi connectivity index (χ3v) is 5.44. The lowest BCUT2D eigenvalue weighted by Gasteiger charge is -2.46. The van der Waals surface area contributed by atoms with E-state index >= 15 is 0 Å². The predicted molar refractivity (Wildman–Crippen MR) is 99.0 cm³/mol. The van der Waals surface area contributed by atoms with Gasteiger partial charge in [-0.1, -0.05) is 64.3 Å². The lowest BCUT2D eigenvalue weighted by atomic mass is 9.68. The number of rotatable bonds is 7. The van der Waals surface area contributed by atoms with E-state index in [1.807, 2.05) is 0 Å². The van der Waals surface area contributed by atoms with E-state index in [0.717, 1.165) is 13.2 Å². The van der Waals surface area contributed by atoms with E-state index in [1.54, 1.807) is 0 Å². The Balaban J connectivity index is 2.40. The highest BCUT2D eigenvalue weighted by Crippen LogP contribution is 2.48. The van der Waals surface area contributed by atoms with Gasteiger partial charge in [0, 0.05) is 6.54 Å². The van der Waals surface area contributed by atoms with Crippen LogP contribution in [0.4, 0.5) is 0 Å². The van der Waals surface area contributed by atoms with Gasteiger partial charge in [-0.05, 0) is 49.9 Å². The molecule has 2 atom stereocenters. The maximum absolute atomic E-state index is 6.72. The van der Waals surface area contributed by atoms with Crippen molar-refractivity contribution in [2.24, 2.45) is 5.92 Å². The molecule has 1 saturated carbocycles. The normalized spacial score (nSPS) is 25.3. The second-order valence-electron chi connectivity index (χ2n) is 7.63. The largest absolute Gasteiger partial charge is 0.369 e. The Kier molecular flexibility index (Phi) is 6.67. The van der Waals surface area contributed by atoms with Gasteiger partial charge in [-0.15, -0.1) is 0 Å². The van der Waals surface area contributed by atoms with Crippen LogP contribution in [0.15, 0.2) is 24.3 Å². The minimum atomic E-state index is -0.0795. The maximum atomic E-state index is 6.72. The third kappa shape index (κ3) is 4.16. The first-order chi connectivity index (χ1) is 11.0. The summed E-state index contributed by atoms with van der Waals surface area (Å²) >= 11 is 0. The molecular formula is C21H35NO. The Morgan fingerprint density at radius 2 is 1.96 bits per heavy atom. The molecule has 0 aromatic heterocycles. The zero-order chi connectivity index (χ0) is 16.9. The van der Waals surface area contributed by atoms with Crippen molar-refractivity contribution >= 4 is 0 Å². The summed E-state index contributed by atoms with van der Waals surface area (Å²) < 4.78 is 6.72. The molecule has 0 aliphatic heterocycles. The highest BCUT2D eigenvalue weighted by molar-refractivity contribution is 5.36. The van der Waals surface area contributed by atoms with Crippen molar-refractivity contribution in [3.63, 3.8) is 0 Å². The molecule has 2 heteroatoms. The van der Waals surface area contributed by atoms with Gasteiger partial charge in [-0.25, -0.2) is 0 Å². The summed E-state index contributed by atoms with van der Waals surface area (Å²) in [4.78, 5) is 2.21. The average Bonchev–Trinajstić information content (AvgIpc) is 2.54. The van der Waals surface area contributed by atoms with Crippen LogP contribution in [0.3, 0.4) is 0 Å². The first kappa shape index (κ1) is 18.5. The standard InChI is InChI=1S/C21H35NO/c1-6-18-11-9-10-14-21(18,23-16-15-22(4)5)20-13-8-7-12-19(20)17(2)3/h7-8,12-13,17-18H,6,9-11,14-16H2,1-5H3. The average molecular weight is 318 g/mol. The molecule has 0 amide bonds. The number of hydrogen-bond donors (Lipinski definition) is 0. The van der Waals surface area contributed by atoms with Crippen LogP contribution in [0, 0.1) is 5.92 Å². The highest BCUT2D eigenvalue weighted by atomic mass is 16.5. The van der Waals surface area contributed by atoms with Gasteiger partial charge in [0.15, 0.2) is 0 Å². The summed E-state index contributed by atoms with van der Waals surface area (Å²) in [7, 11) is 4.24. The lowest BCUT2D eigenvalue weighted by Crippen LogP contribution is -2.42. The monoisotopic (exact) mass is 317 g/mol. The second-order valence-corrected chi connectivity index (χ2v) is 7.63. The van der Waals surface area contributed by atoms with Gasteiger partial charge in [-0.3, -0.25) is 0 Å². The molecular weight excluding hydrogens is 282 g/mol. The number of benzene rings is 1. The van der Waals surface area contributed by atoms with Crippen LogP contribution >= 0.6 is 0 Å². The van der Waals surface area contributed by atoms with Crippen molar-refractivity contribution in [1.82, 2.24) is 4.90 Å². The Hall–Kier alpha value is -0.860. The molecule has 2 unspecified atom stereocenters. The van der Waals surface area contributed by atoms with E-state index < -0.39 is 0 Å². The molecule has 0 N–H and O–H groups in total. The molecule has 1 fully saturated rings. The van der Waals surface area contributed by atoms with Crippen LogP contribution in [0.25, 0.3) is 0 Å². The Labute approximate surface area is 143 Å². The van der Waals surface area contributed by atoms with Crippen LogP contribution in [0.1, 0.15) is 69.9 Å². The maximum Gasteiger partial charge on any atom is 0.0962 e. The van der Waals surface area contributed by atoms with Gasteiger partial charge in [0.05, 0.1) is 12.2 Å². The van der Waals surface area contributed by atoms with Crippen LogP contribution in [-0.2, 0) is 10.3 Å². The Morgan fingerprint density at radius 1 is 1.22 bits per heavy atom. The molecule has 2 nitrogen and oxygen atoms in total. The SMILES string of the molecule is CCC1CCCCC1(OCCN(C)C)c1ccccc1C(C)C. The van der Waals surface area contributed by atoms with Gasteiger partial charge in [0.25, 0.3) is 0 Å². The third-order valence-electron chi connectivity index (χ3n) is 5.44. The smallest absolute Gasteiger partial charge is 0.0962 e. The van der Waals surface area contributed by atoms with E-state index in [0.29, 0.717) is 11.8 Å². The van der Waals surface area contributed by atoms with Gasteiger partial charge < -0.3 is 9.64 Å². The minimum absolute atomic E-state index is 0.0795. The van der Waals surface area contributed by atoms with Gasteiger partial charge in [-0.2, -0.15) is 0 Å². The van der Waals surface area contributed by atoms with E-state index in [9.17, 15) is 0 Å². The molecule has 0 bridgehead atoms. The van der Waals surface area contributed by atoms with Crippen molar-refractivity contribution < 1.29 is 4.74 Å². The topological polar surface area (TPSA) is 12.5 Å². The molecule has 23 heavy (non-hydrogen) atoms. The molecule has 2 rings (SSSR count). The summed E-state index contributed by atoms with van der Waals surface area (Å²) in [6.45, 7) is 8.74. The first-order valence-corrected chi connectivity index (χ1v) is 9.39. The highest BCUT2D eigenvalue weighted by Gasteiger charge is 2.43. The number of likely N-dealkylation sites (N-methyl/N-ethyl adjacent to an activating group) is 1. The fourth-order valence-corrected chi connectivity index (χ4v) is 4.17. The van der Waals surface area contributed by atoms with Gasteiger partial charge in [0.1, 0.15) is 0 Å². The second kappa shape index (κ2) is 8.30. The van der Waals surface area contributed by atoms with Crippen molar-refractivity contribution in [3.05, 3.63) is 35.4 Å². The van der Waals surface area contributed by atoms with Gasteiger partial charge in [0.2, 0.25) is 0 Å². The Morgan fingerprint density at radius 3 is 2.61 bits per heavy atom. The van der Waals surface area contributed by atoms with E-state index in [2.05, 4.69) is 64.0 Å². The number of hydrogen-bond acceptors (Lipinski definition) is 2. The molecule has 1 aromatic rings. The first-order valence-electron chi connectivity index (χ1n) is 9.39. The van der Waals surface area contributed by atoms with Gasteiger partial charge >= 0.3 is 0 Å². The predicted octanol–water partition coefficient (Wildman–Crippen LogP) is 5.18. The summed E-state index contributed by atoms with van der Waals surface area (Å²) in [5, 5.41) is 0.